The molecule has 0 saturated carbocycles. The average Bonchev–Trinajstić information content (AvgIpc) is 2.82. The van der Waals surface area contributed by atoms with Crippen molar-refractivity contribution in [3.05, 3.63) is 66.4 Å². The maximum Gasteiger partial charge on any atom is 0.228 e. The van der Waals surface area contributed by atoms with Gasteiger partial charge in [-0.1, -0.05) is 36.4 Å². The number of nitrogens with one attached hydrogen (secondary N) is 1. The number of oxazole rings is 1. The van der Waals surface area contributed by atoms with Crippen molar-refractivity contribution in [1.82, 2.24) is 4.98 Å². The molecule has 0 aliphatic heterocycles. The molecule has 19 heavy (non-hydrogen) atoms. The van der Waals surface area contributed by atoms with Crippen molar-refractivity contribution < 1.29 is 4.42 Å². The fraction of sp³-hybridized carbons (Fsp3) is 0.0625. The number of rotatable bonds is 3. The minimum absolute atomic E-state index is 0.636. The Morgan fingerprint density at radius 2 is 1.53 bits per heavy atom. The highest BCUT2D eigenvalue weighted by molar-refractivity contribution is 5.62. The highest BCUT2D eigenvalue weighted by Gasteiger charge is 2.10. The van der Waals surface area contributed by atoms with Gasteiger partial charge < -0.3 is 9.73 Å². The molecule has 0 atom stereocenters. The van der Waals surface area contributed by atoms with Crippen molar-refractivity contribution in [2.75, 3.05) is 5.32 Å². The lowest BCUT2D eigenvalue weighted by atomic mass is 10.2. The highest BCUT2D eigenvalue weighted by atomic mass is 16.4. The Bertz CT molecular complexity index is 660. The summed E-state index contributed by atoms with van der Waals surface area (Å²) in [6.45, 7) is 1.91. The fourth-order valence-corrected chi connectivity index (χ4v) is 1.87. The van der Waals surface area contributed by atoms with Gasteiger partial charge in [-0.25, -0.2) is 0 Å². The van der Waals surface area contributed by atoms with Crippen LogP contribution in [0.4, 0.5) is 11.5 Å². The predicted octanol–water partition coefficient (Wildman–Crippen LogP) is 4.39. The molecule has 0 unspecified atom stereocenters. The molecule has 94 valence electrons. The van der Waals surface area contributed by atoms with E-state index in [1.807, 2.05) is 67.6 Å². The fourth-order valence-electron chi connectivity index (χ4n) is 1.87. The first kappa shape index (κ1) is 11.5. The van der Waals surface area contributed by atoms with Crippen molar-refractivity contribution in [3.63, 3.8) is 0 Å². The largest absolute Gasteiger partial charge is 0.439 e. The second-order valence-electron chi connectivity index (χ2n) is 4.28. The van der Waals surface area contributed by atoms with Gasteiger partial charge in [0, 0.05) is 11.3 Å². The summed E-state index contributed by atoms with van der Waals surface area (Å²) in [6, 6.07) is 19.8. The topological polar surface area (TPSA) is 38.1 Å². The van der Waals surface area contributed by atoms with Crippen LogP contribution in [0.5, 0.6) is 0 Å². The molecule has 3 rings (SSSR count). The van der Waals surface area contributed by atoms with Crippen LogP contribution in [-0.2, 0) is 0 Å². The molecule has 0 fully saturated rings. The lowest BCUT2D eigenvalue weighted by Crippen LogP contribution is -1.91. The van der Waals surface area contributed by atoms with Crippen LogP contribution in [-0.4, -0.2) is 4.98 Å². The number of hydrogen-bond acceptors (Lipinski definition) is 3. The molecule has 3 nitrogen and oxygen atoms in total. The summed E-state index contributed by atoms with van der Waals surface area (Å²) in [6.07, 6.45) is 0. The molecule has 1 N–H and O–H groups in total. The first-order valence-corrected chi connectivity index (χ1v) is 6.18. The minimum atomic E-state index is 0.636. The Labute approximate surface area is 111 Å². The number of para-hydroxylation sites is 1. The van der Waals surface area contributed by atoms with Gasteiger partial charge in [-0.3, -0.25) is 0 Å². The van der Waals surface area contributed by atoms with E-state index in [0.29, 0.717) is 5.89 Å². The molecular weight excluding hydrogens is 236 g/mol. The van der Waals surface area contributed by atoms with E-state index >= 15 is 0 Å². The predicted molar refractivity (Wildman–Crippen MR) is 76.4 cm³/mol. The Balaban J connectivity index is 1.90. The molecule has 0 radical (unpaired) electrons. The molecule has 2 aromatic carbocycles. The number of aromatic nitrogens is 1. The number of anilines is 2. The third-order valence-corrected chi connectivity index (χ3v) is 2.85. The smallest absolute Gasteiger partial charge is 0.228 e. The van der Waals surface area contributed by atoms with Gasteiger partial charge in [0.05, 0.1) is 0 Å². The van der Waals surface area contributed by atoms with Crippen LogP contribution < -0.4 is 5.32 Å². The summed E-state index contributed by atoms with van der Waals surface area (Å²) >= 11 is 0. The summed E-state index contributed by atoms with van der Waals surface area (Å²) in [4.78, 5) is 4.50. The van der Waals surface area contributed by atoms with Crippen molar-refractivity contribution >= 4 is 11.5 Å². The molecule has 1 aromatic heterocycles. The second kappa shape index (κ2) is 4.98. The Morgan fingerprint density at radius 3 is 2.21 bits per heavy atom. The van der Waals surface area contributed by atoms with Crippen molar-refractivity contribution in [2.45, 2.75) is 6.92 Å². The molecule has 1 heterocycles. The number of nitrogens with zero attached hydrogens (tertiary/aromatic N) is 1. The van der Waals surface area contributed by atoms with Crippen molar-refractivity contribution in [2.24, 2.45) is 0 Å². The lowest BCUT2D eigenvalue weighted by Gasteiger charge is -2.01. The van der Waals surface area contributed by atoms with Crippen LogP contribution in [0.2, 0.25) is 0 Å². The van der Waals surface area contributed by atoms with Crippen LogP contribution in [0, 0.1) is 6.92 Å². The third-order valence-electron chi connectivity index (χ3n) is 2.85. The van der Waals surface area contributed by atoms with Gasteiger partial charge in [0.25, 0.3) is 0 Å². The second-order valence-corrected chi connectivity index (χ2v) is 4.28. The Kier molecular flexibility index (Phi) is 3.02. The summed E-state index contributed by atoms with van der Waals surface area (Å²) < 4.78 is 5.70. The molecule has 3 heteroatoms. The van der Waals surface area contributed by atoms with Gasteiger partial charge >= 0.3 is 0 Å². The summed E-state index contributed by atoms with van der Waals surface area (Å²) in [5, 5.41) is 3.26. The van der Waals surface area contributed by atoms with Crippen molar-refractivity contribution in [1.29, 1.82) is 0 Å². The number of benzene rings is 2. The van der Waals surface area contributed by atoms with Gasteiger partial charge in [0.1, 0.15) is 5.76 Å². The molecule has 0 saturated heterocycles. The van der Waals surface area contributed by atoms with E-state index in [9.17, 15) is 0 Å². The SMILES string of the molecule is Cc1oc(-c2ccccc2)nc1Nc1ccccc1. The van der Waals surface area contributed by atoms with Gasteiger partial charge in [0.15, 0.2) is 5.82 Å². The molecule has 0 aliphatic rings. The lowest BCUT2D eigenvalue weighted by molar-refractivity contribution is 0.543. The van der Waals surface area contributed by atoms with Gasteiger partial charge in [-0.15, -0.1) is 0 Å². The number of aryl methyl sites for hydroxylation is 1. The Morgan fingerprint density at radius 1 is 0.895 bits per heavy atom. The molecule has 0 spiro atoms. The van der Waals surface area contributed by atoms with Gasteiger partial charge in [-0.05, 0) is 31.2 Å². The summed E-state index contributed by atoms with van der Waals surface area (Å²) in [5.74, 6) is 2.17. The van der Waals surface area contributed by atoms with Gasteiger partial charge in [-0.2, -0.15) is 4.98 Å². The normalized spacial score (nSPS) is 10.4. The maximum atomic E-state index is 5.70. The number of hydrogen-bond donors (Lipinski definition) is 1. The van der Waals surface area contributed by atoms with E-state index in [-0.39, 0.29) is 0 Å². The van der Waals surface area contributed by atoms with E-state index < -0.39 is 0 Å². The molecule has 0 bridgehead atoms. The highest BCUT2D eigenvalue weighted by Crippen LogP contribution is 2.26. The van der Waals surface area contributed by atoms with E-state index in [1.54, 1.807) is 0 Å². The zero-order chi connectivity index (χ0) is 13.1. The third kappa shape index (κ3) is 2.50. The molecule has 3 aromatic rings. The first-order chi connectivity index (χ1) is 9.33. The quantitative estimate of drug-likeness (QED) is 0.749. The Hall–Kier alpha value is -2.55. The van der Waals surface area contributed by atoms with E-state index in [2.05, 4.69) is 10.3 Å². The summed E-state index contributed by atoms with van der Waals surface area (Å²) in [7, 11) is 0. The van der Waals surface area contributed by atoms with Crippen LogP contribution >= 0.6 is 0 Å². The molecule has 0 amide bonds. The summed E-state index contributed by atoms with van der Waals surface area (Å²) in [5.41, 5.74) is 1.98. The van der Waals surface area contributed by atoms with Crippen LogP contribution in [0.3, 0.4) is 0 Å². The molecule has 0 aliphatic carbocycles. The van der Waals surface area contributed by atoms with Crippen LogP contribution in [0.15, 0.2) is 65.1 Å². The minimum Gasteiger partial charge on any atom is -0.439 e. The average molecular weight is 250 g/mol. The zero-order valence-corrected chi connectivity index (χ0v) is 10.6. The first-order valence-electron chi connectivity index (χ1n) is 6.18. The molecular formula is C16H14N2O. The zero-order valence-electron chi connectivity index (χ0n) is 10.6. The van der Waals surface area contributed by atoms with Crippen LogP contribution in [0.1, 0.15) is 5.76 Å². The monoisotopic (exact) mass is 250 g/mol. The van der Waals surface area contributed by atoms with Crippen molar-refractivity contribution in [3.8, 4) is 11.5 Å². The van der Waals surface area contributed by atoms with Crippen LogP contribution in [0.25, 0.3) is 11.5 Å². The maximum absolute atomic E-state index is 5.70. The van der Waals surface area contributed by atoms with E-state index in [0.717, 1.165) is 22.8 Å². The standard InChI is InChI=1S/C16H14N2O/c1-12-15(17-14-10-6-3-7-11-14)18-16(19-12)13-8-4-2-5-9-13/h2-11,17H,1H3. The van der Waals surface area contributed by atoms with E-state index in [1.165, 1.54) is 0 Å². The van der Waals surface area contributed by atoms with Gasteiger partial charge in [0.2, 0.25) is 5.89 Å². The van der Waals surface area contributed by atoms with E-state index in [4.69, 9.17) is 4.42 Å².